The first-order chi connectivity index (χ1) is 14.9. The van der Waals surface area contributed by atoms with Crippen LogP contribution < -0.4 is 10.2 Å². The fourth-order valence-corrected chi connectivity index (χ4v) is 5.28. The molecule has 1 aromatic heterocycles. The van der Waals surface area contributed by atoms with Crippen molar-refractivity contribution in [1.29, 1.82) is 0 Å². The van der Waals surface area contributed by atoms with Crippen LogP contribution in [0.1, 0.15) is 28.9 Å². The van der Waals surface area contributed by atoms with Gasteiger partial charge in [0, 0.05) is 35.8 Å². The Kier molecular flexibility index (Phi) is 6.19. The van der Waals surface area contributed by atoms with Crippen molar-refractivity contribution in [3.05, 3.63) is 69.0 Å². The summed E-state index contributed by atoms with van der Waals surface area (Å²) in [6, 6.07) is 8.90. The zero-order valence-electron chi connectivity index (χ0n) is 16.6. The molecule has 1 saturated heterocycles. The molecule has 3 aromatic rings. The molecule has 4 rings (SSSR count). The number of nitro benzene ring substituents is 1. The summed E-state index contributed by atoms with van der Waals surface area (Å²) in [7, 11) is 0. The van der Waals surface area contributed by atoms with Crippen molar-refractivity contribution in [2.24, 2.45) is 0 Å². The van der Waals surface area contributed by atoms with E-state index >= 15 is 0 Å². The molecule has 0 spiro atoms. The molecule has 1 N–H and O–H groups in total. The second-order valence-electron chi connectivity index (χ2n) is 7.08. The number of carbonyl (C=O) groups excluding carboxylic acids is 1. The Balaban J connectivity index is 1.61. The van der Waals surface area contributed by atoms with Crippen molar-refractivity contribution in [3.8, 4) is 0 Å². The summed E-state index contributed by atoms with van der Waals surface area (Å²) in [4.78, 5) is 30.6. The third-order valence-electron chi connectivity index (χ3n) is 4.89. The number of thiazole rings is 1. The molecule has 160 valence electrons. The molecule has 1 fully saturated rings. The van der Waals surface area contributed by atoms with Crippen molar-refractivity contribution in [2.45, 2.75) is 29.0 Å². The third kappa shape index (κ3) is 4.70. The number of amides is 1. The minimum Gasteiger partial charge on any atom is -0.370 e. The first kappa shape index (κ1) is 21.3. The molecule has 1 aliphatic rings. The van der Waals surface area contributed by atoms with E-state index in [2.05, 4.69) is 10.3 Å². The molecule has 1 amide bonds. The highest BCUT2D eigenvalue weighted by molar-refractivity contribution is 8.01. The topological polar surface area (TPSA) is 88.4 Å². The largest absolute Gasteiger partial charge is 0.370 e. The van der Waals surface area contributed by atoms with Gasteiger partial charge in [0.25, 0.3) is 11.6 Å². The SMILES string of the molecule is Cc1csc(Sc2ccc(C(=O)Nc3c(F)cccc3N3CCCC3)cc2[N+](=O)[O-])n1. The number of aromatic nitrogens is 1. The van der Waals surface area contributed by atoms with Crippen LogP contribution in [0.25, 0.3) is 0 Å². The number of nitrogens with zero attached hydrogens (tertiary/aromatic N) is 3. The van der Waals surface area contributed by atoms with Gasteiger partial charge in [-0.1, -0.05) is 17.8 Å². The molecular formula is C21H19FN4O3S2. The number of aryl methyl sites for hydroxylation is 1. The van der Waals surface area contributed by atoms with E-state index < -0.39 is 16.6 Å². The first-order valence-electron chi connectivity index (χ1n) is 9.65. The highest BCUT2D eigenvalue weighted by Gasteiger charge is 2.23. The van der Waals surface area contributed by atoms with Crippen LogP contribution in [-0.4, -0.2) is 28.9 Å². The second-order valence-corrected chi connectivity index (χ2v) is 9.23. The molecule has 0 aliphatic carbocycles. The first-order valence-corrected chi connectivity index (χ1v) is 11.4. The molecule has 0 radical (unpaired) electrons. The van der Waals surface area contributed by atoms with Crippen LogP contribution in [0, 0.1) is 22.9 Å². The number of hydrogen-bond donors (Lipinski definition) is 1. The van der Waals surface area contributed by atoms with Gasteiger partial charge in [-0.05, 0) is 44.0 Å². The number of para-hydroxylation sites is 1. The molecule has 0 bridgehead atoms. The summed E-state index contributed by atoms with van der Waals surface area (Å²) < 4.78 is 15.2. The van der Waals surface area contributed by atoms with E-state index in [9.17, 15) is 19.3 Å². The van der Waals surface area contributed by atoms with Crippen LogP contribution in [0.2, 0.25) is 0 Å². The Bertz CT molecular complexity index is 1150. The van der Waals surface area contributed by atoms with Crippen molar-refractivity contribution in [2.75, 3.05) is 23.3 Å². The van der Waals surface area contributed by atoms with Crippen LogP contribution in [-0.2, 0) is 0 Å². The molecule has 7 nitrogen and oxygen atoms in total. The van der Waals surface area contributed by atoms with Gasteiger partial charge in [0.15, 0.2) is 4.34 Å². The number of anilines is 2. The highest BCUT2D eigenvalue weighted by Crippen LogP contribution is 2.37. The van der Waals surface area contributed by atoms with E-state index in [0.29, 0.717) is 14.9 Å². The maximum Gasteiger partial charge on any atom is 0.284 e. The Morgan fingerprint density at radius 3 is 2.74 bits per heavy atom. The Hall–Kier alpha value is -2.98. The summed E-state index contributed by atoms with van der Waals surface area (Å²) in [5.74, 6) is -1.14. The molecule has 2 aromatic carbocycles. The number of rotatable bonds is 6. The van der Waals surface area contributed by atoms with Gasteiger partial charge in [-0.15, -0.1) is 11.3 Å². The average Bonchev–Trinajstić information content (AvgIpc) is 3.41. The smallest absolute Gasteiger partial charge is 0.284 e. The van der Waals surface area contributed by atoms with Crippen molar-refractivity contribution < 1.29 is 14.1 Å². The minimum absolute atomic E-state index is 0.0852. The molecule has 10 heteroatoms. The van der Waals surface area contributed by atoms with Gasteiger partial charge in [0.2, 0.25) is 0 Å². The lowest BCUT2D eigenvalue weighted by Gasteiger charge is -2.22. The molecular weight excluding hydrogens is 439 g/mol. The van der Waals surface area contributed by atoms with Crippen molar-refractivity contribution in [1.82, 2.24) is 4.98 Å². The lowest BCUT2D eigenvalue weighted by Crippen LogP contribution is -2.22. The predicted octanol–water partition coefficient (Wildman–Crippen LogP) is 5.50. The summed E-state index contributed by atoms with van der Waals surface area (Å²) >= 11 is 2.57. The van der Waals surface area contributed by atoms with Gasteiger partial charge in [-0.25, -0.2) is 9.37 Å². The predicted molar refractivity (Wildman–Crippen MR) is 120 cm³/mol. The fourth-order valence-electron chi connectivity index (χ4n) is 3.40. The van der Waals surface area contributed by atoms with Crippen LogP contribution in [0.15, 0.2) is 51.0 Å². The van der Waals surface area contributed by atoms with Crippen LogP contribution in [0.5, 0.6) is 0 Å². The third-order valence-corrected chi connectivity index (χ3v) is 7.01. The maximum absolute atomic E-state index is 14.5. The number of carbonyl (C=O) groups is 1. The molecule has 1 aliphatic heterocycles. The van der Waals surface area contributed by atoms with Gasteiger partial charge in [0.1, 0.15) is 11.5 Å². The summed E-state index contributed by atoms with van der Waals surface area (Å²) in [5.41, 5.74) is 1.44. The maximum atomic E-state index is 14.5. The van der Waals surface area contributed by atoms with Crippen molar-refractivity contribution >= 4 is 46.1 Å². The monoisotopic (exact) mass is 458 g/mol. The van der Waals surface area contributed by atoms with Crippen LogP contribution in [0.3, 0.4) is 0 Å². The number of benzene rings is 2. The van der Waals surface area contributed by atoms with Crippen LogP contribution >= 0.6 is 23.1 Å². The quantitative estimate of drug-likeness (QED) is 0.387. The average molecular weight is 459 g/mol. The summed E-state index contributed by atoms with van der Waals surface area (Å²) in [6.07, 6.45) is 2.02. The summed E-state index contributed by atoms with van der Waals surface area (Å²) in [5, 5.41) is 16.1. The number of halogens is 1. The summed E-state index contributed by atoms with van der Waals surface area (Å²) in [6.45, 7) is 3.43. The zero-order valence-corrected chi connectivity index (χ0v) is 18.3. The van der Waals surface area contributed by atoms with Gasteiger partial charge in [-0.2, -0.15) is 0 Å². The normalized spacial score (nSPS) is 13.4. The standard InChI is InChI=1S/C21H19FN4O3S2/c1-13-12-30-21(23-13)31-18-8-7-14(11-17(18)26(28)29)20(27)24-19-15(22)5-4-6-16(19)25-9-2-3-10-25/h4-8,11-12H,2-3,9-10H2,1H3,(H,24,27). The molecule has 2 heterocycles. The van der Waals surface area contributed by atoms with Gasteiger partial charge in [0.05, 0.1) is 15.5 Å². The number of hydrogen-bond acceptors (Lipinski definition) is 7. The number of nitro groups is 1. The highest BCUT2D eigenvalue weighted by atomic mass is 32.2. The Labute approximate surface area is 186 Å². The van der Waals surface area contributed by atoms with Crippen molar-refractivity contribution in [3.63, 3.8) is 0 Å². The van der Waals surface area contributed by atoms with E-state index in [-0.39, 0.29) is 16.9 Å². The Morgan fingerprint density at radius 1 is 1.29 bits per heavy atom. The lowest BCUT2D eigenvalue weighted by atomic mass is 10.1. The second kappa shape index (κ2) is 9.03. The molecule has 0 atom stereocenters. The molecule has 0 saturated carbocycles. The van der Waals surface area contributed by atoms with Gasteiger partial charge >= 0.3 is 0 Å². The Morgan fingerprint density at radius 2 is 2.06 bits per heavy atom. The zero-order chi connectivity index (χ0) is 22.0. The van der Waals surface area contributed by atoms with E-state index in [1.807, 2.05) is 17.2 Å². The molecule has 0 unspecified atom stereocenters. The van der Waals surface area contributed by atoms with Crippen LogP contribution in [0.4, 0.5) is 21.5 Å². The van der Waals surface area contributed by atoms with E-state index in [1.54, 1.807) is 12.1 Å². The van der Waals surface area contributed by atoms with Gasteiger partial charge < -0.3 is 10.2 Å². The van der Waals surface area contributed by atoms with E-state index in [0.717, 1.165) is 31.6 Å². The number of nitrogens with one attached hydrogen (secondary N) is 1. The van der Waals surface area contributed by atoms with E-state index in [4.69, 9.17) is 0 Å². The van der Waals surface area contributed by atoms with Gasteiger partial charge in [-0.3, -0.25) is 14.9 Å². The van der Waals surface area contributed by atoms with E-state index in [1.165, 1.54) is 47.4 Å². The fraction of sp³-hybridized carbons (Fsp3) is 0.238. The molecule has 31 heavy (non-hydrogen) atoms. The minimum atomic E-state index is -0.602. The lowest BCUT2D eigenvalue weighted by molar-refractivity contribution is -0.387.